The lowest BCUT2D eigenvalue weighted by Crippen LogP contribution is -2.36. The molecule has 1 aromatic rings. The molecule has 116 valence electrons. The van der Waals surface area contributed by atoms with E-state index in [4.69, 9.17) is 4.74 Å². The second-order valence-corrected chi connectivity index (χ2v) is 5.66. The van der Waals surface area contributed by atoms with Crippen molar-refractivity contribution >= 4 is 5.91 Å². The van der Waals surface area contributed by atoms with E-state index in [1.165, 1.54) is 5.56 Å². The molecule has 4 nitrogen and oxygen atoms in total. The third kappa shape index (κ3) is 5.48. The van der Waals surface area contributed by atoms with Crippen molar-refractivity contribution in [3.63, 3.8) is 0 Å². The first-order valence-electron chi connectivity index (χ1n) is 7.80. The molecule has 0 unspecified atom stereocenters. The van der Waals surface area contributed by atoms with Crippen LogP contribution in [0, 0.1) is 5.92 Å². The SMILES string of the molecule is O=C(CCCCc1ccccc1)N1CCOC[C@@H](CO)C1. The van der Waals surface area contributed by atoms with Crippen molar-refractivity contribution in [3.8, 4) is 0 Å². The predicted molar refractivity (Wildman–Crippen MR) is 82.0 cm³/mol. The van der Waals surface area contributed by atoms with Gasteiger partial charge in [-0.2, -0.15) is 0 Å². The Kier molecular flexibility index (Phi) is 6.70. The van der Waals surface area contributed by atoms with Crippen molar-refractivity contribution in [1.82, 2.24) is 4.90 Å². The highest BCUT2D eigenvalue weighted by Gasteiger charge is 2.21. The van der Waals surface area contributed by atoms with Gasteiger partial charge in [-0.15, -0.1) is 0 Å². The number of carbonyl (C=O) groups excluding carboxylic acids is 1. The van der Waals surface area contributed by atoms with E-state index in [1.807, 2.05) is 23.1 Å². The van der Waals surface area contributed by atoms with Crippen LogP contribution in [-0.4, -0.2) is 48.8 Å². The van der Waals surface area contributed by atoms with Crippen molar-refractivity contribution in [2.75, 3.05) is 32.9 Å². The Balaban J connectivity index is 1.68. The molecule has 1 atom stereocenters. The predicted octanol–water partition coefficient (Wildman–Crippen LogP) is 1.87. The number of nitrogens with zero attached hydrogens (tertiary/aromatic N) is 1. The molecule has 1 aliphatic heterocycles. The minimum absolute atomic E-state index is 0.0563. The molecule has 0 radical (unpaired) electrons. The fourth-order valence-electron chi connectivity index (χ4n) is 2.63. The summed E-state index contributed by atoms with van der Waals surface area (Å²) >= 11 is 0. The quantitative estimate of drug-likeness (QED) is 0.814. The lowest BCUT2D eigenvalue weighted by Gasteiger charge is -2.22. The number of hydrogen-bond acceptors (Lipinski definition) is 3. The van der Waals surface area contributed by atoms with Crippen molar-refractivity contribution in [2.24, 2.45) is 5.92 Å². The Hall–Kier alpha value is -1.39. The van der Waals surface area contributed by atoms with E-state index in [0.717, 1.165) is 19.3 Å². The topological polar surface area (TPSA) is 49.8 Å². The van der Waals surface area contributed by atoms with Gasteiger partial charge in [0, 0.05) is 32.0 Å². The number of aliphatic hydroxyl groups is 1. The Bertz CT molecular complexity index is 421. The fraction of sp³-hybridized carbons (Fsp3) is 0.588. The van der Waals surface area contributed by atoms with E-state index < -0.39 is 0 Å². The number of aryl methyl sites for hydroxylation is 1. The molecule has 1 heterocycles. The van der Waals surface area contributed by atoms with Crippen LogP contribution >= 0.6 is 0 Å². The van der Waals surface area contributed by atoms with Crippen molar-refractivity contribution in [3.05, 3.63) is 35.9 Å². The molecule has 1 saturated heterocycles. The van der Waals surface area contributed by atoms with Gasteiger partial charge in [-0.25, -0.2) is 0 Å². The van der Waals surface area contributed by atoms with Gasteiger partial charge in [0.1, 0.15) is 0 Å². The number of unbranched alkanes of at least 4 members (excludes halogenated alkanes) is 1. The van der Waals surface area contributed by atoms with Crippen LogP contribution in [0.25, 0.3) is 0 Å². The van der Waals surface area contributed by atoms with Gasteiger partial charge in [-0.1, -0.05) is 30.3 Å². The largest absolute Gasteiger partial charge is 0.396 e. The first kappa shape index (κ1) is 16.0. The van der Waals surface area contributed by atoms with E-state index in [2.05, 4.69) is 12.1 Å². The summed E-state index contributed by atoms with van der Waals surface area (Å²) in [6, 6.07) is 10.4. The van der Waals surface area contributed by atoms with E-state index in [9.17, 15) is 9.90 Å². The van der Waals surface area contributed by atoms with Gasteiger partial charge in [0.25, 0.3) is 0 Å². The number of aliphatic hydroxyl groups excluding tert-OH is 1. The summed E-state index contributed by atoms with van der Waals surface area (Å²) < 4.78 is 5.41. The number of amides is 1. The molecule has 0 bridgehead atoms. The van der Waals surface area contributed by atoms with Gasteiger partial charge >= 0.3 is 0 Å². The van der Waals surface area contributed by atoms with Crippen molar-refractivity contribution in [2.45, 2.75) is 25.7 Å². The normalized spacial score (nSPS) is 19.3. The molecule has 0 saturated carbocycles. The molecule has 0 spiro atoms. The molecular formula is C17H25NO3. The minimum atomic E-state index is 0.0563. The highest BCUT2D eigenvalue weighted by atomic mass is 16.5. The van der Waals surface area contributed by atoms with E-state index in [1.54, 1.807) is 0 Å². The van der Waals surface area contributed by atoms with E-state index >= 15 is 0 Å². The number of benzene rings is 1. The number of hydrogen-bond donors (Lipinski definition) is 1. The monoisotopic (exact) mass is 291 g/mol. The molecule has 21 heavy (non-hydrogen) atoms. The van der Waals surface area contributed by atoms with Crippen LogP contribution in [0.2, 0.25) is 0 Å². The summed E-state index contributed by atoms with van der Waals surface area (Å²) in [6.07, 6.45) is 3.56. The summed E-state index contributed by atoms with van der Waals surface area (Å²) in [4.78, 5) is 14.1. The van der Waals surface area contributed by atoms with Gasteiger partial charge in [0.2, 0.25) is 5.91 Å². The van der Waals surface area contributed by atoms with Gasteiger partial charge in [-0.05, 0) is 24.8 Å². The van der Waals surface area contributed by atoms with Crippen LogP contribution in [-0.2, 0) is 16.0 Å². The smallest absolute Gasteiger partial charge is 0.222 e. The maximum atomic E-state index is 12.2. The third-order valence-corrected chi connectivity index (χ3v) is 3.90. The summed E-state index contributed by atoms with van der Waals surface area (Å²) in [5.74, 6) is 0.243. The zero-order valence-electron chi connectivity index (χ0n) is 12.5. The van der Waals surface area contributed by atoms with Crippen LogP contribution in [0.15, 0.2) is 30.3 Å². The minimum Gasteiger partial charge on any atom is -0.396 e. The summed E-state index contributed by atoms with van der Waals surface area (Å²) in [6.45, 7) is 2.47. The Morgan fingerprint density at radius 2 is 2.10 bits per heavy atom. The van der Waals surface area contributed by atoms with Crippen molar-refractivity contribution < 1.29 is 14.6 Å². The second-order valence-electron chi connectivity index (χ2n) is 5.66. The van der Waals surface area contributed by atoms with Crippen LogP contribution < -0.4 is 0 Å². The molecule has 1 amide bonds. The highest BCUT2D eigenvalue weighted by Crippen LogP contribution is 2.11. The molecule has 0 aromatic heterocycles. The third-order valence-electron chi connectivity index (χ3n) is 3.90. The second kappa shape index (κ2) is 8.80. The first-order chi connectivity index (χ1) is 10.3. The lowest BCUT2D eigenvalue weighted by molar-refractivity contribution is -0.131. The first-order valence-corrected chi connectivity index (χ1v) is 7.80. The maximum absolute atomic E-state index is 12.2. The van der Waals surface area contributed by atoms with E-state index in [-0.39, 0.29) is 18.4 Å². The molecule has 0 aliphatic carbocycles. The number of rotatable bonds is 6. The zero-order chi connectivity index (χ0) is 14.9. The van der Waals surface area contributed by atoms with Gasteiger partial charge < -0.3 is 14.7 Å². The summed E-state index contributed by atoms with van der Waals surface area (Å²) in [5.41, 5.74) is 1.33. The molecule has 2 rings (SSSR count). The fourth-order valence-corrected chi connectivity index (χ4v) is 2.63. The maximum Gasteiger partial charge on any atom is 0.222 e. The summed E-state index contributed by atoms with van der Waals surface area (Å²) in [5, 5.41) is 9.24. The van der Waals surface area contributed by atoms with Crippen LogP contribution in [0.1, 0.15) is 24.8 Å². The molecule has 1 aromatic carbocycles. The number of ether oxygens (including phenoxy) is 1. The van der Waals surface area contributed by atoms with Gasteiger partial charge in [0.15, 0.2) is 0 Å². The van der Waals surface area contributed by atoms with Crippen LogP contribution in [0.5, 0.6) is 0 Å². The lowest BCUT2D eigenvalue weighted by atomic mass is 10.1. The van der Waals surface area contributed by atoms with Gasteiger partial charge in [-0.3, -0.25) is 4.79 Å². The van der Waals surface area contributed by atoms with Crippen LogP contribution in [0.3, 0.4) is 0 Å². The van der Waals surface area contributed by atoms with Crippen LogP contribution in [0.4, 0.5) is 0 Å². The van der Waals surface area contributed by atoms with Gasteiger partial charge in [0.05, 0.1) is 13.2 Å². The number of carbonyl (C=O) groups is 1. The molecular weight excluding hydrogens is 266 g/mol. The Morgan fingerprint density at radius 3 is 2.86 bits per heavy atom. The molecule has 4 heteroatoms. The van der Waals surface area contributed by atoms with E-state index in [0.29, 0.717) is 32.7 Å². The molecule has 1 aliphatic rings. The Labute approximate surface area is 126 Å². The molecule has 1 N–H and O–H groups in total. The van der Waals surface area contributed by atoms with Crippen molar-refractivity contribution in [1.29, 1.82) is 0 Å². The average Bonchev–Trinajstić information content (AvgIpc) is 2.78. The Morgan fingerprint density at radius 1 is 1.29 bits per heavy atom. The zero-order valence-corrected chi connectivity index (χ0v) is 12.5. The molecule has 1 fully saturated rings. The average molecular weight is 291 g/mol. The standard InChI is InChI=1S/C17H25NO3/c19-13-16-12-18(10-11-21-14-16)17(20)9-5-4-8-15-6-2-1-3-7-15/h1-3,6-7,16,19H,4-5,8-14H2/t16-/m1/s1. The summed E-state index contributed by atoms with van der Waals surface area (Å²) in [7, 11) is 0. The highest BCUT2D eigenvalue weighted by molar-refractivity contribution is 5.76.